The summed E-state index contributed by atoms with van der Waals surface area (Å²) in [6.07, 6.45) is -2.20. The molecule has 11 nitrogen and oxygen atoms in total. The number of aliphatic hydroxyl groups excluding tert-OH is 2. The highest BCUT2D eigenvalue weighted by atomic mass is 127. The lowest BCUT2D eigenvalue weighted by molar-refractivity contribution is -0.138. The van der Waals surface area contributed by atoms with E-state index in [0.29, 0.717) is 23.5 Å². The van der Waals surface area contributed by atoms with Gasteiger partial charge in [0.05, 0.1) is 6.33 Å². The predicted molar refractivity (Wildman–Crippen MR) is 115 cm³/mol. The molecule has 0 aliphatic carbocycles. The SMILES string of the molecule is CNNC(=O)[C@H]1O[C@@H](n2cnc3c(NCc4cccc(I)c4)ncnc32)[C@H](O)[C@@H]1O. The third-order valence-electron chi connectivity index (χ3n) is 4.73. The molecule has 30 heavy (non-hydrogen) atoms. The van der Waals surface area contributed by atoms with Gasteiger partial charge in [-0.3, -0.25) is 14.8 Å². The first-order valence-corrected chi connectivity index (χ1v) is 10.2. The Morgan fingerprint density at radius 2 is 2.10 bits per heavy atom. The maximum absolute atomic E-state index is 12.0. The zero-order chi connectivity index (χ0) is 21.3. The van der Waals surface area contributed by atoms with Crippen molar-refractivity contribution in [2.75, 3.05) is 12.4 Å². The van der Waals surface area contributed by atoms with Crippen molar-refractivity contribution in [1.82, 2.24) is 30.4 Å². The minimum atomic E-state index is -1.40. The minimum absolute atomic E-state index is 0.404. The highest BCUT2D eigenvalue weighted by Crippen LogP contribution is 2.32. The van der Waals surface area contributed by atoms with Gasteiger partial charge in [0.15, 0.2) is 29.3 Å². The number of benzene rings is 1. The summed E-state index contributed by atoms with van der Waals surface area (Å²) >= 11 is 2.25. The van der Waals surface area contributed by atoms with Crippen LogP contribution in [0.4, 0.5) is 5.82 Å². The lowest BCUT2D eigenvalue weighted by Gasteiger charge is -2.16. The largest absolute Gasteiger partial charge is 0.387 e. The number of aliphatic hydroxyl groups is 2. The number of rotatable bonds is 6. The molecule has 12 heteroatoms. The summed E-state index contributed by atoms with van der Waals surface area (Å²) in [4.78, 5) is 24.9. The number of imidazole rings is 1. The predicted octanol–water partition coefficient (Wildman–Crippen LogP) is -0.0872. The van der Waals surface area contributed by atoms with Crippen molar-refractivity contribution in [1.29, 1.82) is 0 Å². The maximum Gasteiger partial charge on any atom is 0.266 e. The van der Waals surface area contributed by atoms with Crippen LogP contribution in [0.3, 0.4) is 0 Å². The number of hydrazine groups is 1. The van der Waals surface area contributed by atoms with Gasteiger partial charge >= 0.3 is 0 Å². The number of carbonyl (C=O) groups is 1. The molecular formula is C18H20IN7O4. The Labute approximate surface area is 185 Å². The summed E-state index contributed by atoms with van der Waals surface area (Å²) in [5, 5.41) is 23.9. The van der Waals surface area contributed by atoms with Gasteiger partial charge in [0.2, 0.25) is 0 Å². The fourth-order valence-corrected chi connectivity index (χ4v) is 3.91. The molecule has 0 spiro atoms. The van der Waals surface area contributed by atoms with Crippen LogP contribution in [-0.4, -0.2) is 61.0 Å². The number of anilines is 1. The van der Waals surface area contributed by atoms with Crippen LogP contribution < -0.4 is 16.2 Å². The Bertz CT molecular complexity index is 1060. The second-order valence-corrected chi connectivity index (χ2v) is 7.94. The van der Waals surface area contributed by atoms with Crippen molar-refractivity contribution in [2.24, 2.45) is 0 Å². The summed E-state index contributed by atoms with van der Waals surface area (Å²) in [7, 11) is 1.51. The molecule has 4 atom stereocenters. The molecule has 0 saturated carbocycles. The average molecular weight is 525 g/mol. The molecule has 1 saturated heterocycles. The lowest BCUT2D eigenvalue weighted by Crippen LogP contribution is -2.46. The van der Waals surface area contributed by atoms with E-state index in [2.05, 4.69) is 59.8 Å². The number of hydrogen-bond acceptors (Lipinski definition) is 9. The third-order valence-corrected chi connectivity index (χ3v) is 5.40. The second kappa shape index (κ2) is 8.77. The quantitative estimate of drug-likeness (QED) is 0.220. The van der Waals surface area contributed by atoms with Crippen molar-refractivity contribution in [3.63, 3.8) is 0 Å². The van der Waals surface area contributed by atoms with E-state index in [-0.39, 0.29) is 0 Å². The third kappa shape index (κ3) is 3.96. The van der Waals surface area contributed by atoms with Crippen LogP contribution in [0, 0.1) is 3.57 Å². The molecule has 0 bridgehead atoms. The second-order valence-electron chi connectivity index (χ2n) is 6.70. The van der Waals surface area contributed by atoms with Crippen molar-refractivity contribution in [3.8, 4) is 0 Å². The number of hydrogen-bond donors (Lipinski definition) is 5. The highest BCUT2D eigenvalue weighted by Gasteiger charge is 2.47. The van der Waals surface area contributed by atoms with E-state index < -0.39 is 30.4 Å². The number of halogens is 1. The summed E-state index contributed by atoms with van der Waals surface area (Å²) in [6.45, 7) is 0.545. The van der Waals surface area contributed by atoms with Gasteiger partial charge in [0.25, 0.3) is 5.91 Å². The normalized spacial score (nSPS) is 23.6. The molecule has 2 aromatic heterocycles. The fourth-order valence-electron chi connectivity index (χ4n) is 3.30. The molecule has 1 aliphatic heterocycles. The molecule has 1 fully saturated rings. The van der Waals surface area contributed by atoms with Gasteiger partial charge in [0, 0.05) is 17.2 Å². The van der Waals surface area contributed by atoms with E-state index in [1.807, 2.05) is 18.2 Å². The van der Waals surface area contributed by atoms with Crippen LogP contribution in [0.5, 0.6) is 0 Å². The zero-order valence-electron chi connectivity index (χ0n) is 15.9. The molecule has 3 aromatic rings. The van der Waals surface area contributed by atoms with Gasteiger partial charge in [-0.05, 0) is 40.3 Å². The molecule has 4 rings (SSSR count). The van der Waals surface area contributed by atoms with Crippen LogP contribution in [0.1, 0.15) is 11.8 Å². The first kappa shape index (κ1) is 20.9. The number of aromatic nitrogens is 4. The molecule has 0 unspecified atom stereocenters. The Morgan fingerprint density at radius 1 is 1.27 bits per heavy atom. The Hall–Kier alpha value is -2.39. The topological polar surface area (TPSA) is 146 Å². The van der Waals surface area contributed by atoms with E-state index in [1.54, 1.807) is 0 Å². The first-order valence-electron chi connectivity index (χ1n) is 9.13. The van der Waals surface area contributed by atoms with Gasteiger partial charge in [0.1, 0.15) is 18.5 Å². The number of nitrogens with zero attached hydrogens (tertiary/aromatic N) is 4. The van der Waals surface area contributed by atoms with E-state index in [9.17, 15) is 15.0 Å². The minimum Gasteiger partial charge on any atom is -0.387 e. The number of amides is 1. The monoisotopic (exact) mass is 525 g/mol. The molecular weight excluding hydrogens is 505 g/mol. The number of ether oxygens (including phenoxy) is 1. The summed E-state index contributed by atoms with van der Waals surface area (Å²) in [6, 6.07) is 8.06. The first-order chi connectivity index (χ1) is 14.5. The van der Waals surface area contributed by atoms with Gasteiger partial charge in [-0.15, -0.1) is 0 Å². The Kier molecular flexibility index (Phi) is 6.10. The summed E-state index contributed by atoms with van der Waals surface area (Å²) < 4.78 is 8.24. The van der Waals surface area contributed by atoms with Gasteiger partial charge in [-0.1, -0.05) is 12.1 Å². The van der Waals surface area contributed by atoms with Crippen molar-refractivity contribution >= 4 is 45.5 Å². The van der Waals surface area contributed by atoms with E-state index in [0.717, 1.165) is 9.13 Å². The van der Waals surface area contributed by atoms with Crippen LogP contribution in [-0.2, 0) is 16.1 Å². The van der Waals surface area contributed by atoms with Crippen LogP contribution in [0.2, 0.25) is 0 Å². The number of fused-ring (bicyclic) bond motifs is 1. The smallest absolute Gasteiger partial charge is 0.266 e. The van der Waals surface area contributed by atoms with Crippen LogP contribution in [0.25, 0.3) is 11.2 Å². The number of nitrogens with one attached hydrogen (secondary N) is 3. The van der Waals surface area contributed by atoms with Crippen molar-refractivity contribution in [2.45, 2.75) is 31.1 Å². The van der Waals surface area contributed by atoms with Crippen LogP contribution >= 0.6 is 22.6 Å². The van der Waals surface area contributed by atoms with Crippen molar-refractivity contribution < 1.29 is 19.7 Å². The van der Waals surface area contributed by atoms with Gasteiger partial charge in [-0.2, -0.15) is 0 Å². The molecule has 1 aliphatic rings. The van der Waals surface area contributed by atoms with E-state index in [1.165, 1.54) is 24.3 Å². The molecule has 1 aromatic carbocycles. The van der Waals surface area contributed by atoms with Gasteiger partial charge in [-0.25, -0.2) is 20.4 Å². The molecule has 5 N–H and O–H groups in total. The molecule has 158 valence electrons. The van der Waals surface area contributed by atoms with E-state index in [4.69, 9.17) is 4.74 Å². The standard InChI is InChI=1S/C18H20IN7O4/c1-20-25-17(29)14-12(27)13(28)18(30-14)26-8-24-11-15(22-7-23-16(11)26)21-6-9-3-2-4-10(19)5-9/h2-5,7-8,12-14,18,20,27-28H,6H2,1H3,(H,25,29)(H,21,22,23)/t12-,13+,14-,18+/m0/s1. The Balaban J connectivity index is 1.58. The lowest BCUT2D eigenvalue weighted by atomic mass is 10.1. The highest BCUT2D eigenvalue weighted by molar-refractivity contribution is 14.1. The molecule has 0 radical (unpaired) electrons. The maximum atomic E-state index is 12.0. The van der Waals surface area contributed by atoms with Gasteiger partial charge < -0.3 is 20.3 Å². The van der Waals surface area contributed by atoms with E-state index >= 15 is 0 Å². The number of carbonyl (C=O) groups excluding carboxylic acids is 1. The molecule has 1 amide bonds. The fraction of sp³-hybridized carbons (Fsp3) is 0.333. The van der Waals surface area contributed by atoms with Crippen LogP contribution in [0.15, 0.2) is 36.9 Å². The Morgan fingerprint density at radius 3 is 2.87 bits per heavy atom. The van der Waals surface area contributed by atoms with Crippen molar-refractivity contribution in [3.05, 3.63) is 46.1 Å². The molecule has 3 heterocycles. The zero-order valence-corrected chi connectivity index (χ0v) is 18.0. The summed E-state index contributed by atoms with van der Waals surface area (Å²) in [5.41, 5.74) is 6.79. The average Bonchev–Trinajstić information content (AvgIpc) is 3.28. The summed E-state index contributed by atoms with van der Waals surface area (Å²) in [5.74, 6) is -0.0689.